The van der Waals surface area contributed by atoms with Crippen molar-refractivity contribution in [2.75, 3.05) is 18.0 Å². The topological polar surface area (TPSA) is 82.2 Å². The number of nitrogens with zero attached hydrogens (tertiary/aromatic N) is 4. The Bertz CT molecular complexity index is 837. The number of hydrogen-bond acceptors (Lipinski definition) is 5. The van der Waals surface area contributed by atoms with Crippen LogP contribution in [-0.4, -0.2) is 33.9 Å². The first-order chi connectivity index (χ1) is 11.0. The van der Waals surface area contributed by atoms with Gasteiger partial charge in [-0.15, -0.1) is 0 Å². The Morgan fingerprint density at radius 3 is 2.96 bits per heavy atom. The quantitative estimate of drug-likeness (QED) is 0.906. The normalized spacial score (nSPS) is 21.4. The molecule has 2 aromatic rings. The predicted molar refractivity (Wildman–Crippen MR) is 88.3 cm³/mol. The summed E-state index contributed by atoms with van der Waals surface area (Å²) in [6.45, 7) is 3.43. The first-order valence-corrected chi connectivity index (χ1v) is 7.89. The Morgan fingerprint density at radius 1 is 1.48 bits per heavy atom. The lowest BCUT2D eigenvalue weighted by molar-refractivity contribution is 0.0861. The van der Waals surface area contributed by atoms with E-state index in [1.54, 1.807) is 29.8 Å². The van der Waals surface area contributed by atoms with Gasteiger partial charge in [-0.25, -0.2) is 4.98 Å². The van der Waals surface area contributed by atoms with Gasteiger partial charge in [-0.2, -0.15) is 5.26 Å². The molecular formula is C17H20N4O2. The standard InChI is InChI=1S/C17H20N4O2/c1-3-11-10-21(7-6-15(11)22)14-8-16(23)20(2)13-5-4-12(9-18)19-17(13)14/h4-5,8,11,15,22H,3,6-7,10H2,1-2H3/t11-,15-/m0/s1. The molecule has 2 aromatic heterocycles. The van der Waals surface area contributed by atoms with Crippen molar-refractivity contribution in [1.29, 1.82) is 5.26 Å². The molecular weight excluding hydrogens is 292 g/mol. The summed E-state index contributed by atoms with van der Waals surface area (Å²) in [4.78, 5) is 18.8. The minimum absolute atomic E-state index is 0.0989. The third kappa shape index (κ3) is 2.68. The summed E-state index contributed by atoms with van der Waals surface area (Å²) in [6, 6.07) is 7.03. The third-order valence-corrected chi connectivity index (χ3v) is 4.74. The molecule has 1 saturated heterocycles. The predicted octanol–water partition coefficient (Wildman–Crippen LogP) is 1.40. The van der Waals surface area contributed by atoms with Gasteiger partial charge in [0.1, 0.15) is 17.3 Å². The molecule has 0 unspecified atom stereocenters. The molecule has 3 rings (SSSR count). The van der Waals surface area contributed by atoms with Crippen molar-refractivity contribution in [1.82, 2.24) is 9.55 Å². The van der Waals surface area contributed by atoms with Gasteiger partial charge in [0.25, 0.3) is 5.56 Å². The fourth-order valence-electron chi connectivity index (χ4n) is 3.25. The van der Waals surface area contributed by atoms with E-state index in [1.807, 2.05) is 0 Å². The Morgan fingerprint density at radius 2 is 2.26 bits per heavy atom. The summed E-state index contributed by atoms with van der Waals surface area (Å²) in [5.41, 5.74) is 2.37. The lowest BCUT2D eigenvalue weighted by atomic mass is 9.92. The van der Waals surface area contributed by atoms with Gasteiger partial charge >= 0.3 is 0 Å². The number of hydrogen-bond donors (Lipinski definition) is 1. The summed E-state index contributed by atoms with van der Waals surface area (Å²) in [7, 11) is 1.71. The van der Waals surface area contributed by atoms with Crippen molar-refractivity contribution < 1.29 is 5.11 Å². The monoisotopic (exact) mass is 312 g/mol. The molecule has 3 heterocycles. The number of pyridine rings is 2. The lowest BCUT2D eigenvalue weighted by Gasteiger charge is -2.37. The second-order valence-corrected chi connectivity index (χ2v) is 6.07. The van der Waals surface area contributed by atoms with Crippen LogP contribution >= 0.6 is 0 Å². The van der Waals surface area contributed by atoms with Gasteiger partial charge in [-0.1, -0.05) is 6.92 Å². The molecule has 0 saturated carbocycles. The second-order valence-electron chi connectivity index (χ2n) is 6.07. The van der Waals surface area contributed by atoms with Crippen molar-refractivity contribution >= 4 is 16.7 Å². The van der Waals surface area contributed by atoms with E-state index in [2.05, 4.69) is 22.9 Å². The van der Waals surface area contributed by atoms with E-state index in [1.165, 1.54) is 0 Å². The number of nitriles is 1. The van der Waals surface area contributed by atoms with E-state index in [-0.39, 0.29) is 17.6 Å². The number of aryl methyl sites for hydroxylation is 1. The van der Waals surface area contributed by atoms with E-state index in [0.717, 1.165) is 12.1 Å². The molecule has 120 valence electrons. The Kier molecular flexibility index (Phi) is 4.05. The molecule has 1 aliphatic heterocycles. The van der Waals surface area contributed by atoms with Gasteiger partial charge in [0.05, 0.1) is 17.3 Å². The maximum Gasteiger partial charge on any atom is 0.252 e. The molecule has 0 spiro atoms. The summed E-state index contributed by atoms with van der Waals surface area (Å²) in [5, 5.41) is 19.2. The summed E-state index contributed by atoms with van der Waals surface area (Å²) in [6.07, 6.45) is 1.27. The molecule has 1 aliphatic rings. The van der Waals surface area contributed by atoms with E-state index in [0.29, 0.717) is 36.2 Å². The lowest BCUT2D eigenvalue weighted by Crippen LogP contribution is -2.43. The second kappa shape index (κ2) is 6.01. The molecule has 23 heavy (non-hydrogen) atoms. The fourth-order valence-corrected chi connectivity index (χ4v) is 3.25. The molecule has 0 radical (unpaired) electrons. The van der Waals surface area contributed by atoms with Crippen molar-refractivity contribution in [3.63, 3.8) is 0 Å². The Labute approximate surface area is 134 Å². The van der Waals surface area contributed by atoms with Gasteiger partial charge in [-0.05, 0) is 25.0 Å². The van der Waals surface area contributed by atoms with Gasteiger partial charge < -0.3 is 14.6 Å². The smallest absolute Gasteiger partial charge is 0.252 e. The molecule has 0 aromatic carbocycles. The molecule has 0 bridgehead atoms. The zero-order valence-electron chi connectivity index (χ0n) is 13.4. The van der Waals surface area contributed by atoms with Crippen LogP contribution in [0.4, 0.5) is 5.69 Å². The SMILES string of the molecule is CC[C@H]1CN(c2cc(=O)n(C)c3ccc(C#N)nc23)CC[C@@H]1O. The van der Waals surface area contributed by atoms with Gasteiger partial charge in [0.2, 0.25) is 0 Å². The van der Waals surface area contributed by atoms with E-state index in [9.17, 15) is 9.90 Å². The molecule has 0 aliphatic carbocycles. The largest absolute Gasteiger partial charge is 0.393 e. The maximum absolute atomic E-state index is 12.3. The summed E-state index contributed by atoms with van der Waals surface area (Å²) >= 11 is 0. The average Bonchev–Trinajstić information content (AvgIpc) is 2.58. The average molecular weight is 312 g/mol. The van der Waals surface area contributed by atoms with E-state index in [4.69, 9.17) is 5.26 Å². The summed E-state index contributed by atoms with van der Waals surface area (Å²) < 4.78 is 1.54. The highest BCUT2D eigenvalue weighted by Gasteiger charge is 2.28. The van der Waals surface area contributed by atoms with Gasteiger partial charge in [-0.3, -0.25) is 4.79 Å². The van der Waals surface area contributed by atoms with E-state index < -0.39 is 0 Å². The van der Waals surface area contributed by atoms with Crippen LogP contribution in [0.3, 0.4) is 0 Å². The van der Waals surface area contributed by atoms with Crippen LogP contribution in [-0.2, 0) is 7.05 Å². The fraction of sp³-hybridized carbons (Fsp3) is 0.471. The van der Waals surface area contributed by atoms with Crippen molar-refractivity contribution in [2.24, 2.45) is 13.0 Å². The highest BCUT2D eigenvalue weighted by molar-refractivity contribution is 5.88. The third-order valence-electron chi connectivity index (χ3n) is 4.74. The number of fused-ring (bicyclic) bond motifs is 1. The van der Waals surface area contributed by atoms with Crippen molar-refractivity contribution in [3.05, 3.63) is 34.2 Å². The Balaban J connectivity index is 2.15. The highest BCUT2D eigenvalue weighted by atomic mass is 16.3. The zero-order chi connectivity index (χ0) is 16.6. The number of aliphatic hydroxyl groups is 1. The molecule has 6 heteroatoms. The molecule has 1 N–H and O–H groups in total. The van der Waals surface area contributed by atoms with Gasteiger partial charge in [0.15, 0.2) is 0 Å². The molecule has 1 fully saturated rings. The molecule has 0 amide bonds. The minimum Gasteiger partial charge on any atom is -0.393 e. The van der Waals surface area contributed by atoms with Crippen LogP contribution in [0, 0.1) is 17.2 Å². The molecule has 2 atom stereocenters. The number of rotatable bonds is 2. The molecule has 6 nitrogen and oxygen atoms in total. The number of piperidine rings is 1. The number of aliphatic hydroxyl groups excluding tert-OH is 1. The number of aromatic nitrogens is 2. The summed E-state index contributed by atoms with van der Waals surface area (Å²) in [5.74, 6) is 0.182. The van der Waals surface area contributed by atoms with Crippen LogP contribution < -0.4 is 10.5 Å². The van der Waals surface area contributed by atoms with Crippen LogP contribution in [0.5, 0.6) is 0 Å². The first-order valence-electron chi connectivity index (χ1n) is 7.89. The highest BCUT2D eigenvalue weighted by Crippen LogP contribution is 2.29. The number of anilines is 1. The van der Waals surface area contributed by atoms with Gasteiger partial charge in [0, 0.05) is 32.1 Å². The first kappa shape index (κ1) is 15.5. The maximum atomic E-state index is 12.3. The van der Waals surface area contributed by atoms with Crippen molar-refractivity contribution in [2.45, 2.75) is 25.9 Å². The zero-order valence-corrected chi connectivity index (χ0v) is 13.4. The van der Waals surface area contributed by atoms with Crippen LogP contribution in [0.15, 0.2) is 23.0 Å². The van der Waals surface area contributed by atoms with E-state index >= 15 is 0 Å². The van der Waals surface area contributed by atoms with Crippen LogP contribution in [0.2, 0.25) is 0 Å². The van der Waals surface area contributed by atoms with Crippen LogP contribution in [0.25, 0.3) is 11.0 Å². The Hall–Kier alpha value is -2.39. The van der Waals surface area contributed by atoms with Crippen LogP contribution in [0.1, 0.15) is 25.5 Å². The minimum atomic E-state index is -0.295. The van der Waals surface area contributed by atoms with Crippen molar-refractivity contribution in [3.8, 4) is 6.07 Å².